The summed E-state index contributed by atoms with van der Waals surface area (Å²) in [6.45, 7) is 2.98. The van der Waals surface area contributed by atoms with E-state index in [4.69, 9.17) is 27.9 Å². The molecule has 1 fully saturated rings. The molecule has 2 aromatic rings. The third-order valence-corrected chi connectivity index (χ3v) is 5.09. The Bertz CT molecular complexity index is 872. The number of carbonyl (C=O) groups is 2. The van der Waals surface area contributed by atoms with Crippen LogP contribution in [0.5, 0.6) is 5.75 Å². The number of nitrogens with one attached hydrogen (secondary N) is 1. The molecule has 1 atom stereocenters. The molecule has 3 rings (SSSR count). The number of ether oxygens (including phenoxy) is 1. The predicted molar refractivity (Wildman–Crippen MR) is 111 cm³/mol. The highest BCUT2D eigenvalue weighted by molar-refractivity contribution is 6.35. The van der Waals surface area contributed by atoms with Gasteiger partial charge in [0.15, 0.2) is 6.10 Å². The Hall–Kier alpha value is -2.24. The fraction of sp³-hybridized carbons (Fsp3) is 0.333. The summed E-state index contributed by atoms with van der Waals surface area (Å²) in [5.74, 6) is 0.283. The number of amides is 2. The van der Waals surface area contributed by atoms with Gasteiger partial charge in [-0.15, -0.1) is 0 Å². The van der Waals surface area contributed by atoms with Gasteiger partial charge in [-0.05, 0) is 55.7 Å². The molecule has 1 aliphatic rings. The Morgan fingerprint density at radius 1 is 1.21 bits per heavy atom. The molecule has 148 valence electrons. The molecule has 28 heavy (non-hydrogen) atoms. The number of nitrogens with zero attached hydrogens (tertiary/aromatic N) is 1. The SMILES string of the molecule is CC(Oc1ccc(Cl)cc1Cl)C(=O)Nc1cccc(CN2CCCCC2=O)c1. The van der Waals surface area contributed by atoms with Gasteiger partial charge in [-0.2, -0.15) is 0 Å². The van der Waals surface area contributed by atoms with E-state index >= 15 is 0 Å². The van der Waals surface area contributed by atoms with E-state index in [-0.39, 0.29) is 11.8 Å². The van der Waals surface area contributed by atoms with Crippen LogP contribution in [0, 0.1) is 0 Å². The standard InChI is InChI=1S/C21H22Cl2N2O3/c1-14(28-19-9-8-16(22)12-18(19)23)21(27)24-17-6-4-5-15(11-17)13-25-10-3-2-7-20(25)26/h4-6,8-9,11-12,14H,2-3,7,10,13H2,1H3,(H,24,27). The number of piperidine rings is 1. The van der Waals surface area contributed by atoms with Crippen LogP contribution in [0.3, 0.4) is 0 Å². The highest BCUT2D eigenvalue weighted by Gasteiger charge is 2.19. The summed E-state index contributed by atoms with van der Waals surface area (Å²) >= 11 is 12.0. The van der Waals surface area contributed by atoms with Crippen LogP contribution in [0.15, 0.2) is 42.5 Å². The Morgan fingerprint density at radius 3 is 2.79 bits per heavy atom. The summed E-state index contributed by atoms with van der Waals surface area (Å²) in [6.07, 6.45) is 1.86. The van der Waals surface area contributed by atoms with Crippen LogP contribution < -0.4 is 10.1 Å². The van der Waals surface area contributed by atoms with Crippen LogP contribution in [0.25, 0.3) is 0 Å². The maximum atomic E-state index is 12.5. The van der Waals surface area contributed by atoms with Crippen LogP contribution in [0.1, 0.15) is 31.7 Å². The summed E-state index contributed by atoms with van der Waals surface area (Å²) in [7, 11) is 0. The second-order valence-electron chi connectivity index (χ2n) is 6.80. The smallest absolute Gasteiger partial charge is 0.265 e. The molecule has 0 aromatic heterocycles. The minimum atomic E-state index is -0.744. The van der Waals surface area contributed by atoms with E-state index in [0.29, 0.717) is 34.4 Å². The molecule has 2 aromatic carbocycles. The lowest BCUT2D eigenvalue weighted by molar-refractivity contribution is -0.133. The number of benzene rings is 2. The van der Waals surface area contributed by atoms with Gasteiger partial charge in [0, 0.05) is 30.2 Å². The maximum absolute atomic E-state index is 12.5. The van der Waals surface area contributed by atoms with Crippen LogP contribution in [0.4, 0.5) is 5.69 Å². The number of carbonyl (C=O) groups excluding carboxylic acids is 2. The van der Waals surface area contributed by atoms with Crippen LogP contribution in [0.2, 0.25) is 10.0 Å². The number of halogens is 2. The van der Waals surface area contributed by atoms with Gasteiger partial charge in [0.1, 0.15) is 5.75 Å². The van der Waals surface area contributed by atoms with Crippen LogP contribution in [-0.2, 0) is 16.1 Å². The molecule has 1 N–H and O–H groups in total. The van der Waals surface area contributed by atoms with E-state index in [1.54, 1.807) is 31.2 Å². The van der Waals surface area contributed by atoms with Gasteiger partial charge in [-0.1, -0.05) is 35.3 Å². The number of rotatable bonds is 6. The zero-order valence-electron chi connectivity index (χ0n) is 15.6. The Morgan fingerprint density at radius 2 is 2.04 bits per heavy atom. The monoisotopic (exact) mass is 420 g/mol. The minimum absolute atomic E-state index is 0.183. The molecule has 0 aliphatic carbocycles. The molecule has 1 heterocycles. The number of anilines is 1. The van der Waals surface area contributed by atoms with E-state index in [1.807, 2.05) is 23.1 Å². The third-order valence-electron chi connectivity index (χ3n) is 4.56. The topological polar surface area (TPSA) is 58.6 Å². The van der Waals surface area contributed by atoms with Gasteiger partial charge in [0.2, 0.25) is 5.91 Å². The maximum Gasteiger partial charge on any atom is 0.265 e. The quantitative estimate of drug-likeness (QED) is 0.721. The van der Waals surface area contributed by atoms with E-state index in [0.717, 1.165) is 24.9 Å². The van der Waals surface area contributed by atoms with E-state index in [9.17, 15) is 9.59 Å². The van der Waals surface area contributed by atoms with E-state index in [1.165, 1.54) is 0 Å². The van der Waals surface area contributed by atoms with Crippen LogP contribution in [-0.4, -0.2) is 29.4 Å². The lowest BCUT2D eigenvalue weighted by atomic mass is 10.1. The summed E-state index contributed by atoms with van der Waals surface area (Å²) in [5.41, 5.74) is 1.63. The largest absolute Gasteiger partial charge is 0.479 e. The average Bonchev–Trinajstić information content (AvgIpc) is 2.66. The highest BCUT2D eigenvalue weighted by Crippen LogP contribution is 2.28. The lowest BCUT2D eigenvalue weighted by Gasteiger charge is -2.27. The first-order valence-electron chi connectivity index (χ1n) is 9.21. The van der Waals surface area contributed by atoms with Gasteiger partial charge in [-0.25, -0.2) is 0 Å². The molecule has 0 radical (unpaired) electrons. The van der Waals surface area contributed by atoms with Gasteiger partial charge >= 0.3 is 0 Å². The lowest BCUT2D eigenvalue weighted by Crippen LogP contribution is -2.34. The Labute approximate surface area is 174 Å². The molecule has 7 heteroatoms. The molecule has 0 spiro atoms. The molecule has 1 saturated heterocycles. The Balaban J connectivity index is 1.61. The summed E-state index contributed by atoms with van der Waals surface area (Å²) in [4.78, 5) is 26.3. The van der Waals surface area contributed by atoms with Crippen molar-refractivity contribution in [3.63, 3.8) is 0 Å². The molecular weight excluding hydrogens is 399 g/mol. The van der Waals surface area contributed by atoms with Gasteiger partial charge in [-0.3, -0.25) is 9.59 Å². The highest BCUT2D eigenvalue weighted by atomic mass is 35.5. The van der Waals surface area contributed by atoms with Crippen molar-refractivity contribution in [2.75, 3.05) is 11.9 Å². The summed E-state index contributed by atoms with van der Waals surface area (Å²) in [6, 6.07) is 12.3. The minimum Gasteiger partial charge on any atom is -0.479 e. The van der Waals surface area contributed by atoms with Crippen molar-refractivity contribution in [1.29, 1.82) is 0 Å². The number of likely N-dealkylation sites (tertiary alicyclic amines) is 1. The van der Waals surface area contributed by atoms with Crippen molar-refractivity contribution in [2.45, 2.75) is 38.8 Å². The van der Waals surface area contributed by atoms with Crippen molar-refractivity contribution < 1.29 is 14.3 Å². The molecule has 0 bridgehead atoms. The van der Waals surface area contributed by atoms with Crippen molar-refractivity contribution in [2.24, 2.45) is 0 Å². The molecular formula is C21H22Cl2N2O3. The summed E-state index contributed by atoms with van der Waals surface area (Å²) in [5, 5.41) is 3.69. The fourth-order valence-electron chi connectivity index (χ4n) is 3.06. The first kappa shape index (κ1) is 20.5. The van der Waals surface area contributed by atoms with Gasteiger partial charge in [0.05, 0.1) is 5.02 Å². The second kappa shape index (κ2) is 9.30. The number of hydrogen-bond donors (Lipinski definition) is 1. The third kappa shape index (κ3) is 5.40. The van der Waals surface area contributed by atoms with Crippen molar-refractivity contribution >= 4 is 40.7 Å². The molecule has 0 saturated carbocycles. The number of hydrogen-bond acceptors (Lipinski definition) is 3. The first-order chi connectivity index (χ1) is 13.4. The molecule has 1 aliphatic heterocycles. The van der Waals surface area contributed by atoms with E-state index in [2.05, 4.69) is 5.32 Å². The normalized spacial score (nSPS) is 15.2. The van der Waals surface area contributed by atoms with Crippen molar-refractivity contribution in [3.05, 3.63) is 58.1 Å². The Kier molecular flexibility index (Phi) is 6.81. The first-order valence-corrected chi connectivity index (χ1v) is 9.97. The van der Waals surface area contributed by atoms with Crippen LogP contribution >= 0.6 is 23.2 Å². The van der Waals surface area contributed by atoms with Crippen molar-refractivity contribution in [3.8, 4) is 5.75 Å². The van der Waals surface area contributed by atoms with Gasteiger partial charge < -0.3 is 15.0 Å². The fourth-order valence-corrected chi connectivity index (χ4v) is 3.51. The summed E-state index contributed by atoms with van der Waals surface area (Å²) < 4.78 is 5.64. The van der Waals surface area contributed by atoms with Crippen molar-refractivity contribution in [1.82, 2.24) is 4.90 Å². The zero-order chi connectivity index (χ0) is 20.1. The molecule has 2 amide bonds. The average molecular weight is 421 g/mol. The molecule has 5 nitrogen and oxygen atoms in total. The van der Waals surface area contributed by atoms with Gasteiger partial charge in [0.25, 0.3) is 5.91 Å². The second-order valence-corrected chi connectivity index (χ2v) is 7.64. The molecule has 1 unspecified atom stereocenters. The van der Waals surface area contributed by atoms with E-state index < -0.39 is 6.10 Å². The predicted octanol–water partition coefficient (Wildman–Crippen LogP) is 4.91. The zero-order valence-corrected chi connectivity index (χ0v) is 17.1.